The summed E-state index contributed by atoms with van der Waals surface area (Å²) >= 11 is 0. The van der Waals surface area contributed by atoms with E-state index in [1.807, 2.05) is 48.5 Å². The molecule has 3 aromatic carbocycles. The number of hydrogen-bond acceptors (Lipinski definition) is 3. The Morgan fingerprint density at radius 2 is 1.59 bits per heavy atom. The molecule has 0 N–H and O–H groups in total. The molecule has 0 radical (unpaired) electrons. The molecule has 1 aliphatic rings. The number of aromatic nitrogens is 1. The summed E-state index contributed by atoms with van der Waals surface area (Å²) in [7, 11) is 0. The lowest BCUT2D eigenvalue weighted by atomic mass is 9.97. The van der Waals surface area contributed by atoms with Crippen LogP contribution in [0.15, 0.2) is 66.7 Å². The van der Waals surface area contributed by atoms with E-state index in [0.717, 1.165) is 64.2 Å². The third-order valence-electron chi connectivity index (χ3n) is 5.86. The van der Waals surface area contributed by atoms with E-state index in [4.69, 9.17) is 9.72 Å². The second kappa shape index (κ2) is 7.67. The molecule has 0 saturated heterocycles. The number of carbonyl (C=O) groups excluding carboxylic acids is 1. The minimum atomic E-state index is -0.241. The van der Waals surface area contributed by atoms with Crippen LogP contribution in [0.1, 0.15) is 46.4 Å². The topological polar surface area (TPSA) is 39.2 Å². The summed E-state index contributed by atoms with van der Waals surface area (Å²) < 4.78 is 5.87. The van der Waals surface area contributed by atoms with Gasteiger partial charge in [-0.2, -0.15) is 0 Å². The second-order valence-corrected chi connectivity index (χ2v) is 7.70. The second-order valence-electron chi connectivity index (χ2n) is 7.70. The van der Waals surface area contributed by atoms with Crippen LogP contribution in [0.25, 0.3) is 21.7 Å². The van der Waals surface area contributed by atoms with Gasteiger partial charge in [-0.15, -0.1) is 0 Å². The Hall–Kier alpha value is -3.20. The van der Waals surface area contributed by atoms with Crippen molar-refractivity contribution < 1.29 is 9.53 Å². The molecule has 0 amide bonds. The van der Waals surface area contributed by atoms with E-state index >= 15 is 0 Å². The van der Waals surface area contributed by atoms with Crippen molar-refractivity contribution in [2.75, 3.05) is 0 Å². The molecule has 0 spiro atoms. The zero-order valence-corrected chi connectivity index (χ0v) is 16.4. The summed E-state index contributed by atoms with van der Waals surface area (Å²) in [5.74, 6) is -0.241. The number of esters is 1. The Kier molecular flexibility index (Phi) is 4.73. The zero-order valence-electron chi connectivity index (χ0n) is 16.4. The molecule has 0 fully saturated rings. The standard InChI is InChI=1S/C26H23NO2/c28-26(29-17-19-11-8-10-18-9-4-5-12-20(18)19)25-21-13-2-1-3-15-23(21)27-24-16-7-6-14-22(24)25/h4-12,14,16H,1-3,13,15,17H2. The molecule has 0 bridgehead atoms. The lowest BCUT2D eigenvalue weighted by molar-refractivity contribution is 0.0475. The highest BCUT2D eigenvalue weighted by Crippen LogP contribution is 2.30. The molecular formula is C26H23NO2. The third kappa shape index (κ3) is 3.38. The maximum Gasteiger partial charge on any atom is 0.339 e. The molecule has 0 unspecified atom stereocenters. The lowest BCUT2D eigenvalue weighted by Crippen LogP contribution is -2.12. The molecule has 0 saturated carbocycles. The number of nitrogens with zero attached hydrogens (tertiary/aromatic N) is 1. The van der Waals surface area contributed by atoms with Crippen LogP contribution in [-0.2, 0) is 24.2 Å². The quantitative estimate of drug-likeness (QED) is 0.322. The summed E-state index contributed by atoms with van der Waals surface area (Å²) in [6.45, 7) is 0.269. The Bertz CT molecular complexity index is 1210. The van der Waals surface area contributed by atoms with E-state index in [-0.39, 0.29) is 12.6 Å². The van der Waals surface area contributed by atoms with Crippen molar-refractivity contribution in [1.29, 1.82) is 0 Å². The average Bonchev–Trinajstić information content (AvgIpc) is 3.01. The van der Waals surface area contributed by atoms with Gasteiger partial charge in [0.1, 0.15) is 6.61 Å². The number of para-hydroxylation sites is 1. The molecule has 29 heavy (non-hydrogen) atoms. The first-order valence-corrected chi connectivity index (χ1v) is 10.4. The summed E-state index contributed by atoms with van der Waals surface area (Å²) in [6.07, 6.45) is 5.23. The van der Waals surface area contributed by atoms with Gasteiger partial charge in [-0.3, -0.25) is 4.98 Å². The SMILES string of the molecule is O=C(OCc1cccc2ccccc12)c1c2c(nc3ccccc13)CCCCC2. The largest absolute Gasteiger partial charge is 0.457 e. The Morgan fingerprint density at radius 1 is 0.828 bits per heavy atom. The van der Waals surface area contributed by atoms with E-state index in [1.54, 1.807) is 0 Å². The first kappa shape index (κ1) is 17.9. The molecule has 0 atom stereocenters. The van der Waals surface area contributed by atoms with Gasteiger partial charge in [0.25, 0.3) is 0 Å². The number of carbonyl (C=O) groups is 1. The minimum Gasteiger partial charge on any atom is -0.457 e. The van der Waals surface area contributed by atoms with Crippen LogP contribution in [0.4, 0.5) is 0 Å². The molecule has 3 heteroatoms. The molecule has 1 heterocycles. The number of ether oxygens (including phenoxy) is 1. The number of pyridine rings is 1. The van der Waals surface area contributed by atoms with Crippen molar-refractivity contribution in [3.05, 3.63) is 89.1 Å². The molecule has 5 rings (SSSR count). The normalized spacial score (nSPS) is 13.8. The van der Waals surface area contributed by atoms with Crippen LogP contribution < -0.4 is 0 Å². The third-order valence-corrected chi connectivity index (χ3v) is 5.86. The fraction of sp³-hybridized carbons (Fsp3) is 0.231. The summed E-state index contributed by atoms with van der Waals surface area (Å²) in [4.78, 5) is 18.2. The van der Waals surface area contributed by atoms with E-state index in [9.17, 15) is 4.79 Å². The van der Waals surface area contributed by atoms with Crippen molar-refractivity contribution in [2.45, 2.75) is 38.7 Å². The fourth-order valence-corrected chi connectivity index (χ4v) is 4.42. The minimum absolute atomic E-state index is 0.241. The summed E-state index contributed by atoms with van der Waals surface area (Å²) in [6, 6.07) is 22.2. The highest BCUT2D eigenvalue weighted by Gasteiger charge is 2.23. The summed E-state index contributed by atoms with van der Waals surface area (Å²) in [5, 5.41) is 3.18. The Morgan fingerprint density at radius 3 is 2.52 bits per heavy atom. The first-order chi connectivity index (χ1) is 14.3. The Labute approximate surface area is 170 Å². The van der Waals surface area contributed by atoms with Gasteiger partial charge in [-0.25, -0.2) is 4.79 Å². The highest BCUT2D eigenvalue weighted by atomic mass is 16.5. The average molecular weight is 381 g/mol. The number of hydrogen-bond donors (Lipinski definition) is 0. The van der Waals surface area contributed by atoms with Crippen LogP contribution in [0.5, 0.6) is 0 Å². The van der Waals surface area contributed by atoms with Gasteiger partial charge in [0.15, 0.2) is 0 Å². The number of aryl methyl sites for hydroxylation is 1. The predicted octanol–water partition coefficient (Wildman–Crippen LogP) is 6.01. The van der Waals surface area contributed by atoms with Gasteiger partial charge in [0.05, 0.1) is 11.1 Å². The number of benzene rings is 3. The van der Waals surface area contributed by atoms with Crippen molar-refractivity contribution in [2.24, 2.45) is 0 Å². The van der Waals surface area contributed by atoms with E-state index in [0.29, 0.717) is 5.56 Å². The molecule has 3 nitrogen and oxygen atoms in total. The fourth-order valence-electron chi connectivity index (χ4n) is 4.42. The van der Waals surface area contributed by atoms with Gasteiger partial charge in [0.2, 0.25) is 0 Å². The maximum atomic E-state index is 13.3. The van der Waals surface area contributed by atoms with Gasteiger partial charge in [-0.1, -0.05) is 67.1 Å². The maximum absolute atomic E-state index is 13.3. The lowest BCUT2D eigenvalue weighted by Gasteiger charge is -2.15. The van der Waals surface area contributed by atoms with Gasteiger partial charge in [-0.05, 0) is 53.6 Å². The highest BCUT2D eigenvalue weighted by molar-refractivity contribution is 6.05. The van der Waals surface area contributed by atoms with Crippen molar-refractivity contribution in [3.63, 3.8) is 0 Å². The number of fused-ring (bicyclic) bond motifs is 3. The zero-order chi connectivity index (χ0) is 19.6. The molecule has 1 aromatic heterocycles. The van der Waals surface area contributed by atoms with Crippen molar-refractivity contribution in [3.8, 4) is 0 Å². The molecule has 0 aliphatic heterocycles. The molecule has 4 aromatic rings. The smallest absolute Gasteiger partial charge is 0.339 e. The molecule has 1 aliphatic carbocycles. The number of rotatable bonds is 3. The Balaban J connectivity index is 1.53. The van der Waals surface area contributed by atoms with Crippen LogP contribution >= 0.6 is 0 Å². The molecule has 144 valence electrons. The summed E-state index contributed by atoms with van der Waals surface area (Å²) in [5.41, 5.74) is 4.78. The van der Waals surface area contributed by atoms with Crippen LogP contribution in [0.2, 0.25) is 0 Å². The van der Waals surface area contributed by atoms with E-state index in [1.165, 1.54) is 6.42 Å². The predicted molar refractivity (Wildman–Crippen MR) is 116 cm³/mol. The van der Waals surface area contributed by atoms with Crippen LogP contribution in [-0.4, -0.2) is 11.0 Å². The van der Waals surface area contributed by atoms with Gasteiger partial charge >= 0.3 is 5.97 Å². The first-order valence-electron chi connectivity index (χ1n) is 10.4. The van der Waals surface area contributed by atoms with Gasteiger partial charge in [0, 0.05) is 11.1 Å². The monoisotopic (exact) mass is 381 g/mol. The van der Waals surface area contributed by atoms with E-state index < -0.39 is 0 Å². The molecular weight excluding hydrogens is 358 g/mol. The van der Waals surface area contributed by atoms with Crippen molar-refractivity contribution >= 4 is 27.6 Å². The van der Waals surface area contributed by atoms with E-state index in [2.05, 4.69) is 18.2 Å². The van der Waals surface area contributed by atoms with Crippen LogP contribution in [0, 0.1) is 0 Å². The van der Waals surface area contributed by atoms with Crippen LogP contribution in [0.3, 0.4) is 0 Å². The van der Waals surface area contributed by atoms with Crippen molar-refractivity contribution in [1.82, 2.24) is 4.98 Å². The van der Waals surface area contributed by atoms with Gasteiger partial charge < -0.3 is 4.74 Å².